The molecule has 1 heterocycles. The highest BCUT2D eigenvalue weighted by Crippen LogP contribution is 2.03. The lowest BCUT2D eigenvalue weighted by molar-refractivity contribution is 0.555. The van der Waals surface area contributed by atoms with E-state index >= 15 is 0 Å². The van der Waals surface area contributed by atoms with Crippen LogP contribution in [-0.2, 0) is 13.0 Å². The second-order valence-corrected chi connectivity index (χ2v) is 5.20. The van der Waals surface area contributed by atoms with Crippen molar-refractivity contribution < 1.29 is 0 Å². The molecule has 0 spiro atoms. The first-order valence-corrected chi connectivity index (χ1v) is 7.65. The third-order valence-corrected chi connectivity index (χ3v) is 3.49. The van der Waals surface area contributed by atoms with Crippen LogP contribution < -0.4 is 5.32 Å². The van der Waals surface area contributed by atoms with Crippen LogP contribution in [0.1, 0.15) is 31.2 Å². The summed E-state index contributed by atoms with van der Waals surface area (Å²) < 4.78 is 2.14. The number of benzene rings is 1. The van der Waals surface area contributed by atoms with Crippen LogP contribution in [0.15, 0.2) is 49.1 Å². The maximum Gasteiger partial charge on any atom is 0.0945 e. The van der Waals surface area contributed by atoms with E-state index in [1.807, 2.05) is 18.7 Å². The summed E-state index contributed by atoms with van der Waals surface area (Å²) in [6.07, 6.45) is 11.9. The Balaban J connectivity index is 1.39. The Kier molecular flexibility index (Phi) is 6.89. The molecule has 0 saturated heterocycles. The minimum atomic E-state index is 1.08. The van der Waals surface area contributed by atoms with Crippen LogP contribution in [0.25, 0.3) is 0 Å². The highest BCUT2D eigenvalue weighted by Gasteiger charge is 1.94. The summed E-state index contributed by atoms with van der Waals surface area (Å²) in [6, 6.07) is 10.7. The quantitative estimate of drug-likeness (QED) is 0.672. The molecule has 0 unspecified atom stereocenters. The fourth-order valence-electron chi connectivity index (χ4n) is 2.31. The van der Waals surface area contributed by atoms with Crippen LogP contribution in [0, 0.1) is 0 Å². The van der Waals surface area contributed by atoms with Gasteiger partial charge in [0.15, 0.2) is 0 Å². The highest BCUT2D eigenvalue weighted by molar-refractivity contribution is 5.14. The molecule has 1 aromatic heterocycles. The van der Waals surface area contributed by atoms with Crippen molar-refractivity contribution in [2.24, 2.45) is 0 Å². The molecule has 108 valence electrons. The number of hydrogen-bond donors (Lipinski definition) is 1. The van der Waals surface area contributed by atoms with Crippen LogP contribution >= 0.6 is 0 Å². The molecule has 20 heavy (non-hydrogen) atoms. The molecule has 0 fully saturated rings. The van der Waals surface area contributed by atoms with E-state index in [9.17, 15) is 0 Å². The number of hydrogen-bond acceptors (Lipinski definition) is 2. The molecule has 1 N–H and O–H groups in total. The lowest BCUT2D eigenvalue weighted by Gasteiger charge is -2.05. The number of imidazole rings is 1. The first kappa shape index (κ1) is 14.8. The molecule has 0 atom stereocenters. The Morgan fingerprint density at radius 1 is 0.950 bits per heavy atom. The topological polar surface area (TPSA) is 29.9 Å². The summed E-state index contributed by atoms with van der Waals surface area (Å²) in [5.74, 6) is 0. The molecule has 1 aromatic carbocycles. The summed E-state index contributed by atoms with van der Waals surface area (Å²) in [6.45, 7) is 3.34. The van der Waals surface area contributed by atoms with Crippen molar-refractivity contribution in [3.05, 3.63) is 54.6 Å². The van der Waals surface area contributed by atoms with Gasteiger partial charge in [-0.05, 0) is 50.8 Å². The zero-order chi connectivity index (χ0) is 13.9. The zero-order valence-corrected chi connectivity index (χ0v) is 12.2. The van der Waals surface area contributed by atoms with Crippen molar-refractivity contribution in [2.45, 2.75) is 38.6 Å². The van der Waals surface area contributed by atoms with Crippen molar-refractivity contribution in [3.63, 3.8) is 0 Å². The van der Waals surface area contributed by atoms with Crippen molar-refractivity contribution in [1.29, 1.82) is 0 Å². The number of aryl methyl sites for hydroxylation is 2. The van der Waals surface area contributed by atoms with Gasteiger partial charge in [0, 0.05) is 18.9 Å². The molecule has 3 heteroatoms. The SMILES string of the molecule is c1ccc(CCCCNCCCCn2ccnc2)cc1. The predicted molar refractivity (Wildman–Crippen MR) is 83.7 cm³/mol. The molecule has 0 saturated carbocycles. The minimum Gasteiger partial charge on any atom is -0.337 e. The number of nitrogens with zero attached hydrogens (tertiary/aromatic N) is 2. The van der Waals surface area contributed by atoms with Crippen molar-refractivity contribution in [1.82, 2.24) is 14.9 Å². The van der Waals surface area contributed by atoms with Gasteiger partial charge in [-0.1, -0.05) is 30.3 Å². The van der Waals surface area contributed by atoms with Gasteiger partial charge in [0.2, 0.25) is 0 Å². The number of aromatic nitrogens is 2. The van der Waals surface area contributed by atoms with Gasteiger partial charge in [0.25, 0.3) is 0 Å². The molecule has 3 nitrogen and oxygen atoms in total. The van der Waals surface area contributed by atoms with Gasteiger partial charge in [-0.2, -0.15) is 0 Å². The first-order chi connectivity index (χ1) is 9.95. The lowest BCUT2D eigenvalue weighted by atomic mass is 10.1. The summed E-state index contributed by atoms with van der Waals surface area (Å²) in [4.78, 5) is 4.04. The molecular formula is C17H25N3. The largest absolute Gasteiger partial charge is 0.337 e. The van der Waals surface area contributed by atoms with Gasteiger partial charge in [0.05, 0.1) is 6.33 Å². The Morgan fingerprint density at radius 3 is 2.50 bits per heavy atom. The predicted octanol–water partition coefficient (Wildman–Crippen LogP) is 3.28. The average molecular weight is 271 g/mol. The Morgan fingerprint density at radius 2 is 1.75 bits per heavy atom. The normalized spacial score (nSPS) is 10.8. The standard InChI is InChI=1S/C17H25N3/c1-2-8-17(9-3-1)10-4-5-11-18-12-6-7-14-20-15-13-19-16-20/h1-3,8-9,13,15-16,18H,4-7,10-12,14H2. The van der Waals surface area contributed by atoms with Crippen LogP contribution in [0.5, 0.6) is 0 Å². The number of rotatable bonds is 10. The van der Waals surface area contributed by atoms with E-state index in [2.05, 4.69) is 45.2 Å². The van der Waals surface area contributed by atoms with Crippen molar-refractivity contribution in [2.75, 3.05) is 13.1 Å². The Hall–Kier alpha value is -1.61. The maximum atomic E-state index is 4.04. The summed E-state index contributed by atoms with van der Waals surface area (Å²) in [7, 11) is 0. The second kappa shape index (κ2) is 9.32. The van der Waals surface area contributed by atoms with Gasteiger partial charge in [-0.25, -0.2) is 4.98 Å². The van der Waals surface area contributed by atoms with E-state index in [0.717, 1.165) is 19.6 Å². The van der Waals surface area contributed by atoms with Gasteiger partial charge >= 0.3 is 0 Å². The van der Waals surface area contributed by atoms with E-state index in [-0.39, 0.29) is 0 Å². The lowest BCUT2D eigenvalue weighted by Crippen LogP contribution is -2.17. The van der Waals surface area contributed by atoms with E-state index < -0.39 is 0 Å². The zero-order valence-electron chi connectivity index (χ0n) is 12.2. The number of nitrogens with one attached hydrogen (secondary N) is 1. The fourth-order valence-corrected chi connectivity index (χ4v) is 2.31. The van der Waals surface area contributed by atoms with E-state index in [1.54, 1.807) is 0 Å². The average Bonchev–Trinajstić information content (AvgIpc) is 3.00. The van der Waals surface area contributed by atoms with E-state index in [4.69, 9.17) is 0 Å². The molecule has 0 radical (unpaired) electrons. The van der Waals surface area contributed by atoms with Crippen molar-refractivity contribution >= 4 is 0 Å². The molecule has 2 aromatic rings. The maximum absolute atomic E-state index is 4.04. The summed E-state index contributed by atoms with van der Waals surface area (Å²) in [5, 5.41) is 3.53. The van der Waals surface area contributed by atoms with E-state index in [1.165, 1.54) is 37.7 Å². The third kappa shape index (κ3) is 6.02. The molecule has 0 aliphatic heterocycles. The second-order valence-electron chi connectivity index (χ2n) is 5.20. The van der Waals surface area contributed by atoms with Gasteiger partial charge in [0.1, 0.15) is 0 Å². The first-order valence-electron chi connectivity index (χ1n) is 7.65. The summed E-state index contributed by atoms with van der Waals surface area (Å²) >= 11 is 0. The van der Waals surface area contributed by atoms with Crippen LogP contribution in [-0.4, -0.2) is 22.6 Å². The third-order valence-electron chi connectivity index (χ3n) is 3.49. The molecule has 0 aliphatic carbocycles. The smallest absolute Gasteiger partial charge is 0.0945 e. The van der Waals surface area contributed by atoms with Gasteiger partial charge in [-0.15, -0.1) is 0 Å². The van der Waals surface area contributed by atoms with Crippen molar-refractivity contribution in [3.8, 4) is 0 Å². The Bertz CT molecular complexity index is 437. The Labute approximate surface area is 122 Å². The molecule has 0 aliphatic rings. The van der Waals surface area contributed by atoms with Crippen LogP contribution in [0.3, 0.4) is 0 Å². The number of unbranched alkanes of at least 4 members (excludes halogenated alkanes) is 2. The fraction of sp³-hybridized carbons (Fsp3) is 0.471. The van der Waals surface area contributed by atoms with Gasteiger partial charge < -0.3 is 9.88 Å². The van der Waals surface area contributed by atoms with E-state index in [0.29, 0.717) is 0 Å². The molecular weight excluding hydrogens is 246 g/mol. The van der Waals surface area contributed by atoms with Crippen LogP contribution in [0.4, 0.5) is 0 Å². The summed E-state index contributed by atoms with van der Waals surface area (Å²) in [5.41, 5.74) is 1.45. The molecule has 2 rings (SSSR count). The highest BCUT2D eigenvalue weighted by atomic mass is 15.0. The molecule has 0 bridgehead atoms. The minimum absolute atomic E-state index is 1.08. The van der Waals surface area contributed by atoms with Crippen LogP contribution in [0.2, 0.25) is 0 Å². The molecule has 0 amide bonds. The van der Waals surface area contributed by atoms with Gasteiger partial charge in [-0.3, -0.25) is 0 Å². The monoisotopic (exact) mass is 271 g/mol.